The van der Waals surface area contributed by atoms with Crippen molar-refractivity contribution >= 4 is 5.78 Å². The van der Waals surface area contributed by atoms with Gasteiger partial charge in [0.1, 0.15) is 28.9 Å². The Hall–Kier alpha value is -2.89. The second-order valence-corrected chi connectivity index (χ2v) is 5.00. The van der Waals surface area contributed by atoms with Crippen LogP contribution in [0.2, 0.25) is 0 Å². The van der Waals surface area contributed by atoms with Gasteiger partial charge in [-0.15, -0.1) is 0 Å². The van der Waals surface area contributed by atoms with E-state index in [4.69, 9.17) is 9.47 Å². The van der Waals surface area contributed by atoms with E-state index in [1.54, 1.807) is 6.07 Å². The van der Waals surface area contributed by atoms with Gasteiger partial charge in [-0.2, -0.15) is 0 Å². The highest BCUT2D eigenvalue weighted by atomic mass is 16.5. The molecule has 1 aliphatic rings. The molecule has 26 heavy (non-hydrogen) atoms. The lowest BCUT2D eigenvalue weighted by Gasteiger charge is -2.26. The maximum absolute atomic E-state index is 12.2. The third kappa shape index (κ3) is 4.39. The van der Waals surface area contributed by atoms with Gasteiger partial charge in [0.15, 0.2) is 17.3 Å². The molecule has 0 saturated carbocycles. The summed E-state index contributed by atoms with van der Waals surface area (Å²) in [6.07, 6.45) is -0.588. The van der Waals surface area contributed by atoms with Gasteiger partial charge in [0.25, 0.3) is 0 Å². The number of ketones is 1. The SMILES string of the molecule is CC.CC.COc1cc(O)c2c(c1)OC(c1ccc(O)c(O)c1)CC2=O. The van der Waals surface area contributed by atoms with Crippen molar-refractivity contribution in [2.75, 3.05) is 7.11 Å². The molecule has 0 saturated heterocycles. The molecule has 6 heteroatoms. The average Bonchev–Trinajstić information content (AvgIpc) is 2.66. The molecule has 0 aromatic heterocycles. The number of methoxy groups -OCH3 is 1. The number of hydrogen-bond acceptors (Lipinski definition) is 6. The molecule has 3 N–H and O–H groups in total. The van der Waals surface area contributed by atoms with Gasteiger partial charge in [0, 0.05) is 12.1 Å². The molecule has 2 aromatic carbocycles. The molecule has 0 fully saturated rings. The molecule has 142 valence electrons. The number of carbonyl (C=O) groups excluding carboxylic acids is 1. The van der Waals surface area contributed by atoms with Crippen LogP contribution in [0.1, 0.15) is 56.1 Å². The largest absolute Gasteiger partial charge is 0.507 e. The third-order valence-corrected chi connectivity index (χ3v) is 3.58. The van der Waals surface area contributed by atoms with E-state index in [1.165, 1.54) is 31.4 Å². The molecule has 3 rings (SSSR count). The zero-order valence-corrected chi connectivity index (χ0v) is 15.7. The van der Waals surface area contributed by atoms with Crippen LogP contribution >= 0.6 is 0 Å². The second kappa shape index (κ2) is 9.56. The second-order valence-electron chi connectivity index (χ2n) is 5.00. The number of phenols is 3. The van der Waals surface area contributed by atoms with Crippen molar-refractivity contribution in [1.82, 2.24) is 0 Å². The number of rotatable bonds is 2. The molecule has 1 atom stereocenters. The molecule has 0 aliphatic carbocycles. The first-order chi connectivity index (χ1) is 12.5. The van der Waals surface area contributed by atoms with Crippen molar-refractivity contribution in [2.24, 2.45) is 0 Å². The van der Waals surface area contributed by atoms with Crippen molar-refractivity contribution in [2.45, 2.75) is 40.2 Å². The van der Waals surface area contributed by atoms with E-state index < -0.39 is 6.10 Å². The summed E-state index contributed by atoms with van der Waals surface area (Å²) in [4.78, 5) is 12.2. The van der Waals surface area contributed by atoms with E-state index in [-0.39, 0.29) is 40.8 Å². The number of fused-ring (bicyclic) bond motifs is 1. The Labute approximate surface area is 153 Å². The summed E-state index contributed by atoms with van der Waals surface area (Å²) in [6.45, 7) is 8.00. The van der Waals surface area contributed by atoms with Crippen LogP contribution in [-0.4, -0.2) is 28.2 Å². The monoisotopic (exact) mass is 362 g/mol. The first-order valence-corrected chi connectivity index (χ1v) is 8.62. The standard InChI is InChI=1S/C16H14O6.2C2H6/c1-21-9-5-12(19)16-13(20)7-14(22-15(16)6-9)8-2-3-10(17)11(18)4-8;2*1-2/h2-6,14,17-19H,7H2,1H3;2*1-2H3. The van der Waals surface area contributed by atoms with E-state index in [1.807, 2.05) is 27.7 Å². The van der Waals surface area contributed by atoms with E-state index in [0.29, 0.717) is 11.3 Å². The van der Waals surface area contributed by atoms with Crippen LogP contribution in [-0.2, 0) is 0 Å². The van der Waals surface area contributed by atoms with Crippen molar-refractivity contribution < 1.29 is 29.6 Å². The molecule has 1 heterocycles. The summed E-state index contributed by atoms with van der Waals surface area (Å²) in [5.41, 5.74) is 0.677. The molecule has 0 amide bonds. The highest BCUT2D eigenvalue weighted by Crippen LogP contribution is 2.42. The summed E-state index contributed by atoms with van der Waals surface area (Å²) in [5.74, 6) is -0.382. The van der Waals surface area contributed by atoms with Gasteiger partial charge in [0.2, 0.25) is 0 Å². The Morgan fingerprint density at radius 2 is 1.62 bits per heavy atom. The first kappa shape index (κ1) is 21.2. The first-order valence-electron chi connectivity index (χ1n) is 8.62. The lowest BCUT2D eigenvalue weighted by molar-refractivity contribution is 0.0844. The van der Waals surface area contributed by atoms with Gasteiger partial charge >= 0.3 is 0 Å². The molecule has 6 nitrogen and oxygen atoms in total. The van der Waals surface area contributed by atoms with Crippen LogP contribution in [0.15, 0.2) is 30.3 Å². The molecule has 2 aromatic rings. The Kier molecular flexibility index (Phi) is 7.77. The lowest BCUT2D eigenvalue weighted by Crippen LogP contribution is -2.20. The van der Waals surface area contributed by atoms with Gasteiger partial charge in [-0.3, -0.25) is 4.79 Å². The van der Waals surface area contributed by atoms with Gasteiger partial charge < -0.3 is 24.8 Å². The summed E-state index contributed by atoms with van der Waals surface area (Å²) in [7, 11) is 1.45. The van der Waals surface area contributed by atoms with E-state index in [2.05, 4.69) is 0 Å². The minimum absolute atomic E-state index is 0.0249. The number of Topliss-reactive ketones (excluding diaryl/α,β-unsaturated/α-hetero) is 1. The van der Waals surface area contributed by atoms with E-state index in [9.17, 15) is 20.1 Å². The van der Waals surface area contributed by atoms with E-state index >= 15 is 0 Å². The summed E-state index contributed by atoms with van der Waals surface area (Å²) in [5, 5.41) is 28.8. The van der Waals surface area contributed by atoms with Crippen LogP contribution in [0, 0.1) is 0 Å². The zero-order valence-electron chi connectivity index (χ0n) is 15.7. The van der Waals surface area contributed by atoms with Gasteiger partial charge in [-0.25, -0.2) is 0 Å². The lowest BCUT2D eigenvalue weighted by atomic mass is 9.95. The van der Waals surface area contributed by atoms with Gasteiger partial charge in [-0.1, -0.05) is 33.8 Å². The van der Waals surface area contributed by atoms with Crippen LogP contribution in [0.5, 0.6) is 28.7 Å². The molecular weight excluding hydrogens is 336 g/mol. The van der Waals surface area contributed by atoms with Crippen LogP contribution < -0.4 is 9.47 Å². The fourth-order valence-electron chi connectivity index (χ4n) is 2.46. The fourth-order valence-corrected chi connectivity index (χ4v) is 2.46. The minimum Gasteiger partial charge on any atom is -0.507 e. The maximum atomic E-state index is 12.2. The topological polar surface area (TPSA) is 96.2 Å². The molecule has 1 unspecified atom stereocenters. The fraction of sp³-hybridized carbons (Fsp3) is 0.350. The van der Waals surface area contributed by atoms with Crippen LogP contribution in [0.4, 0.5) is 0 Å². The Bertz CT molecular complexity index is 754. The maximum Gasteiger partial charge on any atom is 0.174 e. The number of carbonyl (C=O) groups is 1. The van der Waals surface area contributed by atoms with Gasteiger partial charge in [-0.05, 0) is 17.7 Å². The summed E-state index contributed by atoms with van der Waals surface area (Å²) in [6, 6.07) is 7.12. The third-order valence-electron chi connectivity index (χ3n) is 3.58. The average molecular weight is 362 g/mol. The van der Waals surface area contributed by atoms with Crippen molar-refractivity contribution in [1.29, 1.82) is 0 Å². The molecule has 0 spiro atoms. The van der Waals surface area contributed by atoms with Crippen molar-refractivity contribution in [3.63, 3.8) is 0 Å². The van der Waals surface area contributed by atoms with Crippen LogP contribution in [0.25, 0.3) is 0 Å². The highest BCUT2D eigenvalue weighted by molar-refractivity contribution is 6.02. The number of aromatic hydroxyl groups is 3. The van der Waals surface area contributed by atoms with Crippen molar-refractivity contribution in [3.8, 4) is 28.7 Å². The Morgan fingerprint density at radius 1 is 0.962 bits per heavy atom. The Morgan fingerprint density at radius 3 is 2.19 bits per heavy atom. The molecule has 0 radical (unpaired) electrons. The molecule has 1 aliphatic heterocycles. The van der Waals surface area contributed by atoms with E-state index in [0.717, 1.165) is 0 Å². The highest BCUT2D eigenvalue weighted by Gasteiger charge is 2.31. The molecule has 0 bridgehead atoms. The predicted octanol–water partition coefficient (Wildman–Crippen LogP) is 4.57. The number of phenolic OH excluding ortho intramolecular Hbond substituents is 3. The predicted molar refractivity (Wildman–Crippen MR) is 99.4 cm³/mol. The van der Waals surface area contributed by atoms with Gasteiger partial charge in [0.05, 0.1) is 13.5 Å². The van der Waals surface area contributed by atoms with Crippen LogP contribution in [0.3, 0.4) is 0 Å². The normalized spacial score (nSPS) is 14.7. The zero-order chi connectivity index (χ0) is 19.9. The Balaban J connectivity index is 0.000000791. The number of hydrogen-bond donors (Lipinski definition) is 3. The summed E-state index contributed by atoms with van der Waals surface area (Å²) < 4.78 is 10.8. The quantitative estimate of drug-likeness (QED) is 0.677. The number of ether oxygens (including phenoxy) is 2. The van der Waals surface area contributed by atoms with Crippen molar-refractivity contribution in [3.05, 3.63) is 41.5 Å². The smallest absolute Gasteiger partial charge is 0.174 e. The number of benzene rings is 2. The molecular formula is C20H26O6. The minimum atomic E-state index is -0.613. The summed E-state index contributed by atoms with van der Waals surface area (Å²) >= 11 is 0.